The van der Waals surface area contributed by atoms with Gasteiger partial charge in [-0.25, -0.2) is 9.59 Å². The highest BCUT2D eigenvalue weighted by molar-refractivity contribution is 7.16. The minimum Gasteiger partial charge on any atom is -0.365 e. The van der Waals surface area contributed by atoms with Crippen molar-refractivity contribution in [1.82, 2.24) is 44.9 Å². The van der Waals surface area contributed by atoms with E-state index in [1.54, 1.807) is 58.5 Å². The van der Waals surface area contributed by atoms with Gasteiger partial charge in [-0.05, 0) is 74.6 Å². The number of H-pyrrole nitrogens is 1. The summed E-state index contributed by atoms with van der Waals surface area (Å²) < 4.78 is 2.98. The normalized spacial score (nSPS) is 14.6. The molecule has 0 radical (unpaired) electrons. The number of aromatic amines is 1. The number of amides is 4. The Morgan fingerprint density at radius 3 is 1.85 bits per heavy atom. The zero-order valence-electron chi connectivity index (χ0n) is 31.5. The molecule has 2 aliphatic rings. The van der Waals surface area contributed by atoms with Crippen molar-refractivity contribution in [3.8, 4) is 0 Å². The maximum absolute atomic E-state index is 12.6. The molecule has 19 heteroatoms. The number of hydrogen-bond donors (Lipinski definition) is 4. The van der Waals surface area contributed by atoms with Gasteiger partial charge < -0.3 is 35.6 Å². The van der Waals surface area contributed by atoms with Gasteiger partial charge in [-0.1, -0.05) is 23.2 Å². The number of anilines is 2. The van der Waals surface area contributed by atoms with Crippen LogP contribution in [0.25, 0.3) is 0 Å². The Morgan fingerprint density at radius 1 is 0.796 bits per heavy atom. The maximum atomic E-state index is 12.6. The van der Waals surface area contributed by atoms with Crippen molar-refractivity contribution in [3.05, 3.63) is 66.2 Å². The minimum absolute atomic E-state index is 0.0359. The Balaban J connectivity index is 0.000000222. The van der Waals surface area contributed by atoms with Crippen molar-refractivity contribution < 1.29 is 14.4 Å². The zero-order valence-corrected chi connectivity index (χ0v) is 35.4. The summed E-state index contributed by atoms with van der Waals surface area (Å²) in [5.41, 5.74) is 2.12. The van der Waals surface area contributed by atoms with Crippen LogP contribution in [0.15, 0.2) is 36.4 Å². The van der Waals surface area contributed by atoms with Crippen LogP contribution < -0.4 is 16.0 Å². The van der Waals surface area contributed by atoms with E-state index in [0.29, 0.717) is 31.4 Å². The van der Waals surface area contributed by atoms with Crippen molar-refractivity contribution in [2.45, 2.75) is 50.6 Å². The molecule has 0 atom stereocenters. The summed E-state index contributed by atoms with van der Waals surface area (Å²) in [5.74, 6) is 2.41. The Hall–Kier alpha value is -3.54. The number of halogens is 3. The molecule has 296 valence electrons. The molecule has 2 aliphatic heterocycles. The van der Waals surface area contributed by atoms with Crippen molar-refractivity contribution >= 4 is 86.5 Å². The molecule has 6 heterocycles. The van der Waals surface area contributed by atoms with Crippen LogP contribution in [0.4, 0.5) is 26.0 Å². The number of carbonyl (C=O) groups excluding carboxylic acids is 3. The Kier molecular flexibility index (Phi) is 16.8. The maximum Gasteiger partial charge on any atom is 0.346 e. The molecule has 0 bridgehead atoms. The molecule has 0 spiro atoms. The summed E-state index contributed by atoms with van der Waals surface area (Å²) in [6.07, 6.45) is 4.02. The first-order valence-electron chi connectivity index (χ1n) is 17.6. The van der Waals surface area contributed by atoms with Gasteiger partial charge in [0.25, 0.3) is 0 Å². The quantitative estimate of drug-likeness (QED) is 0.104. The molecule has 2 fully saturated rings. The van der Waals surface area contributed by atoms with Gasteiger partial charge in [-0.15, -0.1) is 22.7 Å². The Bertz CT molecular complexity index is 1790. The van der Waals surface area contributed by atoms with Gasteiger partial charge in [-0.3, -0.25) is 9.89 Å². The van der Waals surface area contributed by atoms with E-state index in [0.717, 1.165) is 57.5 Å². The molecule has 0 unspecified atom stereocenters. The molecule has 14 nitrogen and oxygen atoms in total. The molecular formula is C35H50Cl3N11O3S2. The lowest BCUT2D eigenvalue weighted by molar-refractivity contribution is 0.156. The first kappa shape index (κ1) is 43.2. The van der Waals surface area contributed by atoms with Crippen LogP contribution >= 0.6 is 57.5 Å². The Morgan fingerprint density at radius 2 is 1.35 bits per heavy atom. The highest BCUT2D eigenvalue weighted by atomic mass is 35.5. The van der Waals surface area contributed by atoms with Crippen LogP contribution in [0.2, 0.25) is 8.67 Å². The van der Waals surface area contributed by atoms with E-state index in [4.69, 9.17) is 34.8 Å². The molecule has 0 aliphatic carbocycles. The molecule has 4 aromatic rings. The monoisotopic (exact) mass is 841 g/mol. The molecule has 4 N–H and O–H groups in total. The second-order valence-corrected chi connectivity index (χ2v) is 17.4. The van der Waals surface area contributed by atoms with Crippen LogP contribution in [0.3, 0.4) is 0 Å². The van der Waals surface area contributed by atoms with Crippen LogP contribution in [0.1, 0.15) is 58.7 Å². The highest BCUT2D eigenvalue weighted by Crippen LogP contribution is 2.31. The van der Waals surface area contributed by atoms with Crippen molar-refractivity contribution in [1.29, 1.82) is 0 Å². The van der Waals surface area contributed by atoms with Gasteiger partial charge in [0.15, 0.2) is 0 Å². The van der Waals surface area contributed by atoms with Gasteiger partial charge in [0.1, 0.15) is 11.6 Å². The highest BCUT2D eigenvalue weighted by Gasteiger charge is 2.28. The number of aromatic nitrogens is 4. The lowest BCUT2D eigenvalue weighted by Crippen LogP contribution is -2.43. The molecule has 0 saturated carbocycles. The number of nitrogens with one attached hydrogen (secondary N) is 4. The molecule has 6 rings (SSSR count). The SMILES string of the molecule is CN(C)C(=O)Cl.CN(C)C(=O)N1CCC(c2cc(NCc3ccc(Cl)s3)n(C(=O)N(C)C)n2)CC1.Clc1ccc(CNc2cc(C3CCNCC3)[nH]n2)s1. The molecule has 2 saturated heterocycles. The lowest BCUT2D eigenvalue weighted by Gasteiger charge is -2.33. The number of hydrogen-bond acceptors (Lipinski definition) is 10. The number of thiophene rings is 2. The van der Waals surface area contributed by atoms with Gasteiger partial charge in [-0.2, -0.15) is 14.9 Å². The summed E-state index contributed by atoms with van der Waals surface area (Å²) >= 11 is 19.9. The third kappa shape index (κ3) is 13.0. The fraction of sp³-hybridized carbons (Fsp3) is 0.514. The minimum atomic E-state index is -0.435. The van der Waals surface area contributed by atoms with Crippen molar-refractivity contribution in [3.63, 3.8) is 0 Å². The topological polar surface area (TPSA) is 147 Å². The number of carbonyl (C=O) groups is 3. The third-order valence-electron chi connectivity index (χ3n) is 8.73. The standard InChI is InChI=1S/C19H27ClN6O2S.C13H17ClN4S.C3H6ClNO/c1-23(2)18(27)25-9-7-13(8-10-25)15-11-17(26(22-15)19(28)24(3)4)21-12-14-5-6-16(20)29-14;14-12-2-1-10(19-12)8-16-13-7-11(17-18-13)9-3-5-15-6-4-9;1-5(2)3(4)6/h5-6,11,13,21H,7-10,12H2,1-4H3;1-2,7,9,15H,3-6,8H2,(H2,16,17,18);1-2H3. The van der Waals surface area contributed by atoms with Crippen molar-refractivity contribution in [2.24, 2.45) is 0 Å². The fourth-order valence-electron chi connectivity index (χ4n) is 5.73. The van der Waals surface area contributed by atoms with E-state index in [-0.39, 0.29) is 18.0 Å². The first-order chi connectivity index (χ1) is 25.7. The molecule has 0 aromatic carbocycles. The molecule has 4 aromatic heterocycles. The van der Waals surface area contributed by atoms with E-state index < -0.39 is 5.37 Å². The first-order valence-corrected chi connectivity index (χ1v) is 20.3. The second kappa shape index (κ2) is 20.9. The zero-order chi connectivity index (χ0) is 39.4. The molecule has 54 heavy (non-hydrogen) atoms. The van der Waals surface area contributed by atoms with Crippen LogP contribution in [-0.4, -0.2) is 125 Å². The van der Waals surface area contributed by atoms with Crippen LogP contribution in [-0.2, 0) is 13.1 Å². The number of piperidine rings is 2. The predicted molar refractivity (Wildman–Crippen MR) is 221 cm³/mol. The summed E-state index contributed by atoms with van der Waals surface area (Å²) in [6.45, 7) is 4.91. The smallest absolute Gasteiger partial charge is 0.346 e. The summed E-state index contributed by atoms with van der Waals surface area (Å²) in [4.78, 5) is 43.1. The molecular weight excluding hydrogens is 793 g/mol. The van der Waals surface area contributed by atoms with Crippen LogP contribution in [0.5, 0.6) is 0 Å². The number of likely N-dealkylation sites (tertiary alicyclic amines) is 1. The van der Waals surface area contributed by atoms with E-state index in [2.05, 4.69) is 37.3 Å². The predicted octanol–water partition coefficient (Wildman–Crippen LogP) is 7.71. The lowest BCUT2D eigenvalue weighted by atomic mass is 9.94. The third-order valence-corrected chi connectivity index (χ3v) is 11.5. The summed E-state index contributed by atoms with van der Waals surface area (Å²) in [7, 11) is 10.1. The number of urea groups is 1. The number of rotatable bonds is 8. The number of nitrogens with zero attached hydrogens (tertiary/aromatic N) is 7. The fourth-order valence-corrected chi connectivity index (χ4v) is 7.78. The largest absolute Gasteiger partial charge is 0.365 e. The summed E-state index contributed by atoms with van der Waals surface area (Å²) in [6, 6.07) is 11.7. The Labute approximate surface area is 340 Å². The van der Waals surface area contributed by atoms with Gasteiger partial charge in [0.05, 0.1) is 27.5 Å². The van der Waals surface area contributed by atoms with Crippen LogP contribution in [0, 0.1) is 0 Å². The summed E-state index contributed by atoms with van der Waals surface area (Å²) in [5, 5.41) is 21.7. The van der Waals surface area contributed by atoms with Gasteiger partial charge in [0.2, 0.25) is 0 Å². The van der Waals surface area contributed by atoms with Gasteiger partial charge in [0, 0.05) is 94.8 Å². The molecule has 4 amide bonds. The van der Waals surface area contributed by atoms with E-state index in [1.165, 1.54) is 49.2 Å². The van der Waals surface area contributed by atoms with E-state index in [9.17, 15) is 14.4 Å². The van der Waals surface area contributed by atoms with E-state index in [1.807, 2.05) is 35.2 Å². The van der Waals surface area contributed by atoms with Crippen molar-refractivity contribution in [2.75, 3.05) is 79.1 Å². The average molecular weight is 843 g/mol. The average Bonchev–Trinajstić information content (AvgIpc) is 3.98. The van der Waals surface area contributed by atoms with Gasteiger partial charge >= 0.3 is 17.4 Å². The second-order valence-electron chi connectivity index (χ2n) is 13.5. The van der Waals surface area contributed by atoms with E-state index >= 15 is 0 Å².